The van der Waals surface area contributed by atoms with Crippen LogP contribution in [0.1, 0.15) is 31.0 Å². The van der Waals surface area contributed by atoms with E-state index in [1.807, 2.05) is 6.20 Å². The summed E-state index contributed by atoms with van der Waals surface area (Å²) in [6.45, 7) is 6.40. The highest BCUT2D eigenvalue weighted by Gasteiger charge is 2.04. The minimum absolute atomic E-state index is 0.530. The molecule has 0 saturated carbocycles. The van der Waals surface area contributed by atoms with E-state index in [4.69, 9.17) is 0 Å². The van der Waals surface area contributed by atoms with Gasteiger partial charge in [-0.25, -0.2) is 0 Å². The van der Waals surface area contributed by atoms with Gasteiger partial charge in [-0.3, -0.25) is 4.98 Å². The Morgan fingerprint density at radius 1 is 1.45 bits per heavy atom. The van der Waals surface area contributed by atoms with Gasteiger partial charge in [0.15, 0.2) is 0 Å². The highest BCUT2D eigenvalue weighted by atomic mass is 127. The highest BCUT2D eigenvalue weighted by Crippen LogP contribution is 2.18. The van der Waals surface area contributed by atoms with Crippen molar-refractivity contribution in [2.75, 3.05) is 0 Å². The molecule has 0 aromatic carbocycles. The van der Waals surface area contributed by atoms with Crippen LogP contribution in [0.5, 0.6) is 0 Å². The lowest BCUT2D eigenvalue weighted by molar-refractivity contribution is 0.813. The minimum Gasteiger partial charge on any atom is -0.260 e. The molecule has 0 radical (unpaired) electrons. The van der Waals surface area contributed by atoms with Crippen molar-refractivity contribution in [2.24, 2.45) is 0 Å². The molecule has 2 heteroatoms. The number of hydrogen-bond acceptors (Lipinski definition) is 1. The van der Waals surface area contributed by atoms with Crippen LogP contribution in [0, 0.1) is 10.5 Å². The molecule has 0 N–H and O–H groups in total. The first-order chi connectivity index (χ1) is 5.11. The fraction of sp³-hybridized carbons (Fsp3) is 0.444. The van der Waals surface area contributed by atoms with Gasteiger partial charge in [0.25, 0.3) is 0 Å². The number of halogens is 1. The summed E-state index contributed by atoms with van der Waals surface area (Å²) in [6.07, 6.45) is 1.93. The van der Waals surface area contributed by atoms with Gasteiger partial charge in [0.2, 0.25) is 0 Å². The van der Waals surface area contributed by atoms with Crippen molar-refractivity contribution < 1.29 is 0 Å². The fourth-order valence-corrected chi connectivity index (χ4v) is 2.22. The normalized spacial score (nSPS) is 10.6. The predicted molar refractivity (Wildman–Crippen MR) is 55.8 cm³/mol. The molecule has 0 bridgehead atoms. The van der Waals surface area contributed by atoms with Crippen molar-refractivity contribution in [1.29, 1.82) is 0 Å². The standard InChI is InChI=1S/C9H12IN/c1-6(2)9-8(10)4-7(3)5-11-9/h4-6H,1-3H3. The number of hydrogen-bond donors (Lipinski definition) is 0. The zero-order chi connectivity index (χ0) is 8.43. The molecule has 11 heavy (non-hydrogen) atoms. The first kappa shape index (κ1) is 8.97. The van der Waals surface area contributed by atoms with Gasteiger partial charge in [0, 0.05) is 9.77 Å². The van der Waals surface area contributed by atoms with Crippen LogP contribution in [0.4, 0.5) is 0 Å². The van der Waals surface area contributed by atoms with Gasteiger partial charge in [-0.05, 0) is 47.1 Å². The average Bonchev–Trinajstić information content (AvgIpc) is 1.85. The van der Waals surface area contributed by atoms with E-state index in [1.165, 1.54) is 14.8 Å². The summed E-state index contributed by atoms with van der Waals surface area (Å²) in [5, 5.41) is 0. The van der Waals surface area contributed by atoms with Gasteiger partial charge in [-0.1, -0.05) is 13.8 Å². The van der Waals surface area contributed by atoms with E-state index in [0.29, 0.717) is 5.92 Å². The highest BCUT2D eigenvalue weighted by molar-refractivity contribution is 14.1. The zero-order valence-electron chi connectivity index (χ0n) is 7.06. The second-order valence-electron chi connectivity index (χ2n) is 3.03. The quantitative estimate of drug-likeness (QED) is 0.708. The van der Waals surface area contributed by atoms with Crippen LogP contribution in [0.15, 0.2) is 12.3 Å². The van der Waals surface area contributed by atoms with E-state index in [1.54, 1.807) is 0 Å². The molecule has 60 valence electrons. The third-order valence-corrected chi connectivity index (χ3v) is 2.42. The third-order valence-electron chi connectivity index (χ3n) is 1.55. The maximum atomic E-state index is 4.37. The van der Waals surface area contributed by atoms with E-state index in [-0.39, 0.29) is 0 Å². The first-order valence-corrected chi connectivity index (χ1v) is 4.81. The molecule has 0 aliphatic carbocycles. The summed E-state index contributed by atoms with van der Waals surface area (Å²) < 4.78 is 1.28. The van der Waals surface area contributed by atoms with E-state index >= 15 is 0 Å². The Morgan fingerprint density at radius 3 is 2.55 bits per heavy atom. The lowest BCUT2D eigenvalue weighted by atomic mass is 10.1. The molecule has 0 spiro atoms. The Kier molecular flexibility index (Phi) is 2.87. The summed E-state index contributed by atoms with van der Waals surface area (Å²) in [5.74, 6) is 0.530. The molecule has 1 aromatic heterocycles. The number of aryl methyl sites for hydroxylation is 1. The summed E-state index contributed by atoms with van der Waals surface area (Å²) in [4.78, 5) is 4.37. The van der Waals surface area contributed by atoms with Crippen molar-refractivity contribution in [1.82, 2.24) is 4.98 Å². The van der Waals surface area contributed by atoms with Crippen molar-refractivity contribution in [3.63, 3.8) is 0 Å². The average molecular weight is 261 g/mol. The molecule has 1 aromatic rings. The van der Waals surface area contributed by atoms with Crippen molar-refractivity contribution in [3.05, 3.63) is 27.1 Å². The molecule has 0 saturated heterocycles. The summed E-state index contributed by atoms with van der Waals surface area (Å²) in [6, 6.07) is 2.17. The Morgan fingerprint density at radius 2 is 2.09 bits per heavy atom. The van der Waals surface area contributed by atoms with Crippen LogP contribution in [0.2, 0.25) is 0 Å². The summed E-state index contributed by atoms with van der Waals surface area (Å²) in [7, 11) is 0. The molecule has 0 atom stereocenters. The van der Waals surface area contributed by atoms with Crippen LogP contribution in [0.3, 0.4) is 0 Å². The fourth-order valence-electron chi connectivity index (χ4n) is 0.969. The second-order valence-corrected chi connectivity index (χ2v) is 4.20. The zero-order valence-corrected chi connectivity index (χ0v) is 9.21. The Balaban J connectivity index is 3.09. The van der Waals surface area contributed by atoms with E-state index in [0.717, 1.165) is 0 Å². The lowest BCUT2D eigenvalue weighted by Crippen LogP contribution is -1.96. The maximum Gasteiger partial charge on any atom is 0.0562 e. The molecule has 0 unspecified atom stereocenters. The van der Waals surface area contributed by atoms with Crippen LogP contribution in [-0.4, -0.2) is 4.98 Å². The Labute approximate surface area is 81.4 Å². The number of aromatic nitrogens is 1. The molecule has 1 nitrogen and oxygen atoms in total. The smallest absolute Gasteiger partial charge is 0.0562 e. The van der Waals surface area contributed by atoms with Crippen LogP contribution >= 0.6 is 22.6 Å². The van der Waals surface area contributed by atoms with Crippen molar-refractivity contribution >= 4 is 22.6 Å². The second kappa shape index (κ2) is 3.52. The number of pyridine rings is 1. The molecule has 1 heterocycles. The van der Waals surface area contributed by atoms with Crippen LogP contribution in [-0.2, 0) is 0 Å². The van der Waals surface area contributed by atoms with Gasteiger partial charge < -0.3 is 0 Å². The minimum atomic E-state index is 0.530. The van der Waals surface area contributed by atoms with Gasteiger partial charge in [-0.2, -0.15) is 0 Å². The molecular weight excluding hydrogens is 249 g/mol. The predicted octanol–water partition coefficient (Wildman–Crippen LogP) is 3.12. The summed E-state index contributed by atoms with van der Waals surface area (Å²) >= 11 is 2.34. The van der Waals surface area contributed by atoms with Crippen LogP contribution in [0.25, 0.3) is 0 Å². The topological polar surface area (TPSA) is 12.9 Å². The Hall–Kier alpha value is -0.120. The van der Waals surface area contributed by atoms with Gasteiger partial charge in [0.1, 0.15) is 0 Å². The monoisotopic (exact) mass is 261 g/mol. The first-order valence-electron chi connectivity index (χ1n) is 3.73. The summed E-state index contributed by atoms with van der Waals surface area (Å²) in [5.41, 5.74) is 2.44. The molecule has 0 amide bonds. The molecular formula is C9H12IN. The number of rotatable bonds is 1. The SMILES string of the molecule is Cc1cnc(C(C)C)c(I)c1. The van der Waals surface area contributed by atoms with E-state index in [2.05, 4.69) is 54.4 Å². The lowest BCUT2D eigenvalue weighted by Gasteiger charge is -2.06. The van der Waals surface area contributed by atoms with Gasteiger partial charge >= 0.3 is 0 Å². The van der Waals surface area contributed by atoms with Crippen molar-refractivity contribution in [2.45, 2.75) is 26.7 Å². The van der Waals surface area contributed by atoms with Crippen LogP contribution < -0.4 is 0 Å². The largest absolute Gasteiger partial charge is 0.260 e. The number of nitrogens with zero attached hydrogens (tertiary/aromatic N) is 1. The molecule has 1 rings (SSSR count). The molecule has 0 aliphatic rings. The van der Waals surface area contributed by atoms with Crippen molar-refractivity contribution in [3.8, 4) is 0 Å². The Bertz CT molecular complexity index is 256. The molecule has 0 aliphatic heterocycles. The van der Waals surface area contributed by atoms with E-state index < -0.39 is 0 Å². The van der Waals surface area contributed by atoms with E-state index in [9.17, 15) is 0 Å². The maximum absolute atomic E-state index is 4.37. The van der Waals surface area contributed by atoms with Gasteiger partial charge in [-0.15, -0.1) is 0 Å². The van der Waals surface area contributed by atoms with Gasteiger partial charge in [0.05, 0.1) is 5.69 Å². The third kappa shape index (κ3) is 2.15. The molecule has 0 fully saturated rings.